The van der Waals surface area contributed by atoms with Crippen LogP contribution in [0, 0.1) is 12.7 Å². The number of likely N-dealkylation sites (N-methyl/N-ethyl adjacent to an activating group) is 1. The minimum absolute atomic E-state index is 0.190. The second-order valence-electron chi connectivity index (χ2n) is 7.77. The normalized spacial score (nSPS) is 16.0. The molecular formula is C23H27FN2O2. The van der Waals surface area contributed by atoms with E-state index in [1.54, 1.807) is 12.1 Å². The van der Waals surface area contributed by atoms with Crippen molar-refractivity contribution in [3.63, 3.8) is 0 Å². The number of ether oxygens (including phenoxy) is 1. The number of aliphatic hydroxyl groups excluding tert-OH is 1. The fraction of sp³-hybridized carbons (Fsp3) is 0.391. The van der Waals surface area contributed by atoms with Gasteiger partial charge >= 0.3 is 0 Å². The number of fused-ring (bicyclic) bond motifs is 3. The molecule has 0 aliphatic carbocycles. The molecule has 1 atom stereocenters. The second kappa shape index (κ2) is 7.57. The zero-order chi connectivity index (χ0) is 19.8. The molecule has 0 fully saturated rings. The quantitative estimate of drug-likeness (QED) is 0.745. The average Bonchev–Trinajstić information content (AvgIpc) is 2.81. The summed E-state index contributed by atoms with van der Waals surface area (Å²) in [6, 6.07) is 11.2. The van der Waals surface area contributed by atoms with E-state index in [1.807, 2.05) is 0 Å². The molecule has 0 saturated carbocycles. The van der Waals surface area contributed by atoms with Gasteiger partial charge in [0.15, 0.2) is 11.6 Å². The Morgan fingerprint density at radius 3 is 2.68 bits per heavy atom. The van der Waals surface area contributed by atoms with Crippen molar-refractivity contribution in [3.05, 3.63) is 64.6 Å². The van der Waals surface area contributed by atoms with Crippen LogP contribution in [0.1, 0.15) is 28.5 Å². The lowest BCUT2D eigenvalue weighted by Crippen LogP contribution is -2.21. The van der Waals surface area contributed by atoms with Crippen molar-refractivity contribution in [2.75, 3.05) is 27.2 Å². The molecule has 4 nitrogen and oxygen atoms in total. The van der Waals surface area contributed by atoms with E-state index < -0.39 is 11.9 Å². The number of nitrogens with zero attached hydrogens (tertiary/aromatic N) is 2. The molecule has 1 aromatic heterocycles. The maximum atomic E-state index is 14.1. The van der Waals surface area contributed by atoms with Crippen LogP contribution in [-0.2, 0) is 19.4 Å². The molecule has 0 radical (unpaired) electrons. The highest BCUT2D eigenvalue weighted by molar-refractivity contribution is 5.86. The summed E-state index contributed by atoms with van der Waals surface area (Å²) in [7, 11) is 3.59. The number of hydrogen-bond acceptors (Lipinski definition) is 3. The van der Waals surface area contributed by atoms with Gasteiger partial charge in [-0.05, 0) is 55.8 Å². The van der Waals surface area contributed by atoms with Gasteiger partial charge in [0.25, 0.3) is 0 Å². The van der Waals surface area contributed by atoms with E-state index in [9.17, 15) is 9.50 Å². The van der Waals surface area contributed by atoms with Crippen molar-refractivity contribution in [2.45, 2.75) is 32.4 Å². The third-order valence-corrected chi connectivity index (χ3v) is 5.83. The van der Waals surface area contributed by atoms with E-state index in [2.05, 4.69) is 41.6 Å². The van der Waals surface area contributed by atoms with Crippen molar-refractivity contribution in [2.24, 2.45) is 0 Å². The van der Waals surface area contributed by atoms with Crippen LogP contribution < -0.4 is 4.74 Å². The van der Waals surface area contributed by atoms with E-state index in [0.29, 0.717) is 12.1 Å². The molecule has 148 valence electrons. The van der Waals surface area contributed by atoms with Crippen LogP contribution in [0.2, 0.25) is 0 Å². The van der Waals surface area contributed by atoms with Crippen LogP contribution in [-0.4, -0.2) is 41.8 Å². The van der Waals surface area contributed by atoms with E-state index in [1.165, 1.54) is 35.4 Å². The van der Waals surface area contributed by atoms with E-state index >= 15 is 0 Å². The molecule has 1 N–H and O–H groups in total. The summed E-state index contributed by atoms with van der Waals surface area (Å²) in [5.41, 5.74) is 5.62. The van der Waals surface area contributed by atoms with Gasteiger partial charge in [0.05, 0.1) is 19.8 Å². The maximum absolute atomic E-state index is 14.1. The van der Waals surface area contributed by atoms with Gasteiger partial charge in [0.2, 0.25) is 0 Å². The van der Waals surface area contributed by atoms with Crippen LogP contribution in [0.3, 0.4) is 0 Å². The number of hydrogen-bond donors (Lipinski definition) is 1. The smallest absolute Gasteiger partial charge is 0.165 e. The topological polar surface area (TPSA) is 37.6 Å². The number of rotatable bonds is 4. The number of aromatic nitrogens is 1. The fourth-order valence-electron chi connectivity index (χ4n) is 4.24. The maximum Gasteiger partial charge on any atom is 0.165 e. The summed E-state index contributed by atoms with van der Waals surface area (Å²) in [5, 5.41) is 12.2. The van der Waals surface area contributed by atoms with Gasteiger partial charge in [0, 0.05) is 36.1 Å². The predicted molar refractivity (Wildman–Crippen MR) is 109 cm³/mol. The van der Waals surface area contributed by atoms with Crippen LogP contribution in [0.4, 0.5) is 4.39 Å². The Hall–Kier alpha value is -2.37. The van der Waals surface area contributed by atoms with Gasteiger partial charge in [0.1, 0.15) is 0 Å². The van der Waals surface area contributed by atoms with Gasteiger partial charge in [-0.2, -0.15) is 0 Å². The molecule has 0 bridgehead atoms. The van der Waals surface area contributed by atoms with Crippen molar-refractivity contribution < 1.29 is 14.2 Å². The summed E-state index contributed by atoms with van der Waals surface area (Å²) in [4.78, 5) is 2.35. The first-order chi connectivity index (χ1) is 13.5. The molecule has 1 unspecified atom stereocenters. The number of methoxy groups -OCH3 is 1. The molecule has 1 aliphatic heterocycles. The zero-order valence-electron chi connectivity index (χ0n) is 16.7. The molecule has 0 spiro atoms. The second-order valence-corrected chi connectivity index (χ2v) is 7.77. The largest absolute Gasteiger partial charge is 0.494 e. The van der Waals surface area contributed by atoms with Crippen LogP contribution in [0.5, 0.6) is 5.75 Å². The first-order valence-electron chi connectivity index (χ1n) is 9.78. The zero-order valence-corrected chi connectivity index (χ0v) is 16.7. The van der Waals surface area contributed by atoms with Crippen molar-refractivity contribution >= 4 is 10.9 Å². The first-order valence-corrected chi connectivity index (χ1v) is 9.78. The SMILES string of the molecule is COc1ccc(C(O)Cn2c3c(c4cc(C)ccc42)CCN(C)CC3)cc1F. The Morgan fingerprint density at radius 1 is 1.14 bits per heavy atom. The standard InChI is InChI=1S/C23H27FN2O2/c1-15-4-6-20-18(12-15)17-8-10-25(2)11-9-21(17)26(20)14-22(27)16-5-7-23(28-3)19(24)13-16/h4-7,12-13,22,27H,8-11,14H2,1-3H3. The van der Waals surface area contributed by atoms with Crippen molar-refractivity contribution in [3.8, 4) is 5.75 Å². The van der Waals surface area contributed by atoms with Gasteiger partial charge in [-0.1, -0.05) is 17.7 Å². The molecule has 0 saturated heterocycles. The van der Waals surface area contributed by atoms with Gasteiger partial charge in [-0.3, -0.25) is 0 Å². The molecule has 2 heterocycles. The highest BCUT2D eigenvalue weighted by Crippen LogP contribution is 2.32. The minimum Gasteiger partial charge on any atom is -0.494 e. The van der Waals surface area contributed by atoms with Crippen LogP contribution in [0.15, 0.2) is 36.4 Å². The summed E-state index contributed by atoms with van der Waals surface area (Å²) in [6.07, 6.45) is 1.16. The van der Waals surface area contributed by atoms with Crippen molar-refractivity contribution in [1.82, 2.24) is 9.47 Å². The Balaban J connectivity index is 1.75. The van der Waals surface area contributed by atoms with E-state index in [4.69, 9.17) is 4.74 Å². The van der Waals surface area contributed by atoms with Crippen LogP contribution >= 0.6 is 0 Å². The van der Waals surface area contributed by atoms with E-state index in [0.717, 1.165) is 31.4 Å². The first kappa shape index (κ1) is 19.0. The molecule has 2 aromatic carbocycles. The average molecular weight is 382 g/mol. The lowest BCUT2D eigenvalue weighted by Gasteiger charge is -2.18. The minimum atomic E-state index is -0.789. The lowest BCUT2D eigenvalue weighted by atomic mass is 10.1. The summed E-state index contributed by atoms with van der Waals surface area (Å²) in [6.45, 7) is 4.55. The Bertz CT molecular complexity index is 1010. The molecule has 1 aliphatic rings. The molecule has 5 heteroatoms. The van der Waals surface area contributed by atoms with Gasteiger partial charge in [-0.15, -0.1) is 0 Å². The summed E-state index contributed by atoms with van der Waals surface area (Å²) >= 11 is 0. The van der Waals surface area contributed by atoms with Crippen LogP contribution in [0.25, 0.3) is 10.9 Å². The molecular weight excluding hydrogens is 355 g/mol. The van der Waals surface area contributed by atoms with Gasteiger partial charge < -0.3 is 19.3 Å². The predicted octanol–water partition coefficient (Wildman–Crippen LogP) is 3.86. The number of aryl methyl sites for hydroxylation is 1. The highest BCUT2D eigenvalue weighted by Gasteiger charge is 2.22. The summed E-state index contributed by atoms with van der Waals surface area (Å²) in [5.74, 6) is -0.262. The Kier molecular flexibility index (Phi) is 5.13. The summed E-state index contributed by atoms with van der Waals surface area (Å²) < 4.78 is 21.3. The lowest BCUT2D eigenvalue weighted by molar-refractivity contribution is 0.156. The number of aliphatic hydroxyl groups is 1. The fourth-order valence-corrected chi connectivity index (χ4v) is 4.24. The Labute approximate surface area is 165 Å². The molecule has 4 rings (SSSR count). The van der Waals surface area contributed by atoms with Gasteiger partial charge in [-0.25, -0.2) is 4.39 Å². The Morgan fingerprint density at radius 2 is 1.93 bits per heavy atom. The third-order valence-electron chi connectivity index (χ3n) is 5.83. The molecule has 3 aromatic rings. The van der Waals surface area contributed by atoms with E-state index in [-0.39, 0.29) is 5.75 Å². The molecule has 0 amide bonds. The monoisotopic (exact) mass is 382 g/mol. The van der Waals surface area contributed by atoms with Crippen molar-refractivity contribution in [1.29, 1.82) is 0 Å². The molecule has 28 heavy (non-hydrogen) atoms. The number of benzene rings is 2. The highest BCUT2D eigenvalue weighted by atomic mass is 19.1. The third kappa shape index (κ3) is 3.40. The number of halogens is 1.